The summed E-state index contributed by atoms with van der Waals surface area (Å²) < 4.78 is 14.9. The Bertz CT molecular complexity index is 987. The number of piperazine rings is 1. The van der Waals surface area contributed by atoms with Gasteiger partial charge < -0.3 is 4.90 Å². The van der Waals surface area contributed by atoms with Crippen LogP contribution < -0.4 is 0 Å². The summed E-state index contributed by atoms with van der Waals surface area (Å²) in [6, 6.07) is 6.66. The molecule has 0 aliphatic carbocycles. The molecular formula is C21H24FN5OS. The number of hydrogen-bond donors (Lipinski definition) is 0. The summed E-state index contributed by atoms with van der Waals surface area (Å²) in [5, 5.41) is 5.19. The van der Waals surface area contributed by atoms with Crippen LogP contribution in [0.2, 0.25) is 0 Å². The van der Waals surface area contributed by atoms with Gasteiger partial charge in [0.1, 0.15) is 5.82 Å². The van der Waals surface area contributed by atoms with Gasteiger partial charge in [-0.1, -0.05) is 12.1 Å². The van der Waals surface area contributed by atoms with Crippen molar-refractivity contribution in [2.24, 2.45) is 12.0 Å². The first-order valence-electron chi connectivity index (χ1n) is 9.65. The number of halogens is 1. The van der Waals surface area contributed by atoms with Gasteiger partial charge in [0.25, 0.3) is 5.91 Å². The van der Waals surface area contributed by atoms with Gasteiger partial charge in [-0.25, -0.2) is 4.39 Å². The van der Waals surface area contributed by atoms with Crippen molar-refractivity contribution in [3.63, 3.8) is 0 Å². The Labute approximate surface area is 174 Å². The fourth-order valence-electron chi connectivity index (χ4n) is 3.61. The molecule has 0 radical (unpaired) electrons. The highest BCUT2D eigenvalue weighted by molar-refractivity contribution is 8.18. The van der Waals surface area contributed by atoms with Crippen molar-refractivity contribution in [2.75, 3.05) is 26.2 Å². The van der Waals surface area contributed by atoms with E-state index in [-0.39, 0.29) is 11.7 Å². The molecule has 0 saturated carbocycles. The Morgan fingerprint density at radius 3 is 2.45 bits per heavy atom. The van der Waals surface area contributed by atoms with Crippen LogP contribution in [0.25, 0.3) is 6.08 Å². The van der Waals surface area contributed by atoms with Gasteiger partial charge in [0.15, 0.2) is 5.17 Å². The van der Waals surface area contributed by atoms with Gasteiger partial charge in [-0.3, -0.25) is 14.4 Å². The second-order valence-electron chi connectivity index (χ2n) is 7.41. The lowest BCUT2D eigenvalue weighted by Crippen LogP contribution is -2.47. The maximum Gasteiger partial charge on any atom is 0.286 e. The summed E-state index contributed by atoms with van der Waals surface area (Å²) in [6.45, 7) is 8.15. The topological polar surface area (TPSA) is 53.7 Å². The van der Waals surface area contributed by atoms with Crippen molar-refractivity contribution >= 4 is 28.9 Å². The minimum Gasteiger partial charge on any atom is -0.348 e. The van der Waals surface area contributed by atoms with Gasteiger partial charge in [0.2, 0.25) is 0 Å². The smallest absolute Gasteiger partial charge is 0.286 e. The molecule has 2 aliphatic rings. The Kier molecular flexibility index (Phi) is 5.56. The lowest BCUT2D eigenvalue weighted by molar-refractivity contribution is -0.113. The molecule has 1 amide bonds. The van der Waals surface area contributed by atoms with E-state index in [0.29, 0.717) is 4.91 Å². The Morgan fingerprint density at radius 2 is 1.83 bits per heavy atom. The minimum absolute atomic E-state index is 0.179. The normalized spacial score (nSPS) is 19.3. The predicted molar refractivity (Wildman–Crippen MR) is 114 cm³/mol. The second-order valence-corrected chi connectivity index (χ2v) is 8.42. The van der Waals surface area contributed by atoms with Crippen LogP contribution in [-0.4, -0.2) is 56.8 Å². The number of amidine groups is 1. The number of benzene rings is 1. The molecule has 4 rings (SSSR count). The van der Waals surface area contributed by atoms with Crippen LogP contribution in [0.3, 0.4) is 0 Å². The zero-order valence-electron chi connectivity index (χ0n) is 16.9. The number of carbonyl (C=O) groups is 1. The fraction of sp³-hybridized carbons (Fsp3) is 0.381. The maximum absolute atomic E-state index is 13.1. The molecule has 0 bridgehead atoms. The summed E-state index contributed by atoms with van der Waals surface area (Å²) in [4.78, 5) is 21.9. The van der Waals surface area contributed by atoms with E-state index in [9.17, 15) is 9.18 Å². The summed E-state index contributed by atoms with van der Waals surface area (Å²) in [7, 11) is 1.90. The highest BCUT2D eigenvalue weighted by atomic mass is 32.2. The molecule has 6 nitrogen and oxygen atoms in total. The number of amides is 1. The van der Waals surface area contributed by atoms with E-state index in [2.05, 4.69) is 19.9 Å². The first-order valence-corrected chi connectivity index (χ1v) is 10.5. The van der Waals surface area contributed by atoms with E-state index in [1.165, 1.54) is 23.9 Å². The first-order chi connectivity index (χ1) is 13.9. The number of rotatable bonds is 3. The molecule has 0 N–H and O–H groups in total. The molecule has 0 spiro atoms. The lowest BCUT2D eigenvalue weighted by Gasteiger charge is -2.35. The van der Waals surface area contributed by atoms with Crippen molar-refractivity contribution in [1.82, 2.24) is 19.6 Å². The predicted octanol–water partition coefficient (Wildman–Crippen LogP) is 2.96. The number of carbonyl (C=O) groups excluding carboxylic acids is 1. The summed E-state index contributed by atoms with van der Waals surface area (Å²) in [5.74, 6) is -0.388. The molecule has 152 valence electrons. The highest BCUT2D eigenvalue weighted by Crippen LogP contribution is 2.32. The summed E-state index contributed by atoms with van der Waals surface area (Å²) in [6.07, 6.45) is 1.91. The van der Waals surface area contributed by atoms with Crippen LogP contribution in [0.15, 0.2) is 34.2 Å². The largest absolute Gasteiger partial charge is 0.348 e. The molecule has 0 atom stereocenters. The van der Waals surface area contributed by atoms with E-state index >= 15 is 0 Å². The number of thioether (sulfide) groups is 1. The third kappa shape index (κ3) is 4.28. The van der Waals surface area contributed by atoms with E-state index in [0.717, 1.165) is 60.4 Å². The van der Waals surface area contributed by atoms with Crippen molar-refractivity contribution in [3.8, 4) is 0 Å². The third-order valence-corrected chi connectivity index (χ3v) is 6.46. The lowest BCUT2D eigenvalue weighted by atomic mass is 10.2. The fourth-order valence-corrected chi connectivity index (χ4v) is 4.56. The van der Waals surface area contributed by atoms with Crippen LogP contribution in [0.1, 0.15) is 22.5 Å². The van der Waals surface area contributed by atoms with E-state index in [1.807, 2.05) is 43.8 Å². The van der Waals surface area contributed by atoms with Crippen LogP contribution >= 0.6 is 11.8 Å². The van der Waals surface area contributed by atoms with Gasteiger partial charge in [-0.05, 0) is 49.4 Å². The Balaban J connectivity index is 1.37. The number of aliphatic imine (C=N–C) groups is 1. The van der Waals surface area contributed by atoms with Crippen molar-refractivity contribution in [2.45, 2.75) is 20.4 Å². The van der Waals surface area contributed by atoms with E-state index in [1.54, 1.807) is 0 Å². The van der Waals surface area contributed by atoms with Gasteiger partial charge >= 0.3 is 0 Å². The van der Waals surface area contributed by atoms with Crippen LogP contribution in [0.5, 0.6) is 0 Å². The molecule has 29 heavy (non-hydrogen) atoms. The quantitative estimate of drug-likeness (QED) is 0.724. The highest BCUT2D eigenvalue weighted by Gasteiger charge is 2.29. The molecule has 1 saturated heterocycles. The standard InChI is InChI=1S/C21H24FN5OS/c1-14-18(15(2)25(3)24-14)12-19-20(28)23-21(29-19)27-10-8-26(9-11-27)13-16-4-6-17(22)7-5-16/h4-7,12H,8-11,13H2,1-3H3. The maximum atomic E-state index is 13.1. The molecule has 8 heteroatoms. The van der Waals surface area contributed by atoms with Crippen LogP contribution in [0.4, 0.5) is 4.39 Å². The van der Waals surface area contributed by atoms with Gasteiger partial charge in [0, 0.05) is 51.0 Å². The summed E-state index contributed by atoms with van der Waals surface area (Å²) >= 11 is 1.44. The molecule has 1 aromatic heterocycles. The molecule has 2 aromatic rings. The molecule has 1 aromatic carbocycles. The van der Waals surface area contributed by atoms with Crippen molar-refractivity contribution < 1.29 is 9.18 Å². The molecule has 0 unspecified atom stereocenters. The average molecular weight is 414 g/mol. The molecule has 3 heterocycles. The Hall–Kier alpha value is -2.45. The van der Waals surface area contributed by atoms with Gasteiger partial charge in [-0.15, -0.1) is 0 Å². The minimum atomic E-state index is -0.208. The number of nitrogens with zero attached hydrogens (tertiary/aromatic N) is 5. The molecule has 1 fully saturated rings. The summed E-state index contributed by atoms with van der Waals surface area (Å²) in [5.41, 5.74) is 4.04. The SMILES string of the molecule is Cc1nn(C)c(C)c1C=C1SC(N2CCN(Cc3ccc(F)cc3)CC2)=NC1=O. The second kappa shape index (κ2) is 8.12. The zero-order chi connectivity index (χ0) is 20.5. The van der Waals surface area contributed by atoms with Gasteiger partial charge in [-0.2, -0.15) is 10.1 Å². The zero-order valence-corrected chi connectivity index (χ0v) is 17.7. The van der Waals surface area contributed by atoms with Crippen molar-refractivity contribution in [1.29, 1.82) is 0 Å². The van der Waals surface area contributed by atoms with Crippen molar-refractivity contribution in [3.05, 3.63) is 57.5 Å². The monoisotopic (exact) mass is 413 g/mol. The molecule has 2 aliphatic heterocycles. The Morgan fingerprint density at radius 1 is 1.14 bits per heavy atom. The van der Waals surface area contributed by atoms with Gasteiger partial charge in [0.05, 0.1) is 10.6 Å². The average Bonchev–Trinajstić information content (AvgIpc) is 3.18. The first kappa shape index (κ1) is 19.8. The van der Waals surface area contributed by atoms with E-state index < -0.39 is 0 Å². The van der Waals surface area contributed by atoms with Crippen LogP contribution in [0, 0.1) is 19.7 Å². The number of hydrogen-bond acceptors (Lipinski definition) is 5. The number of aromatic nitrogens is 2. The molecular weight excluding hydrogens is 389 g/mol. The third-order valence-electron chi connectivity index (χ3n) is 5.41. The number of aryl methyl sites for hydroxylation is 2. The van der Waals surface area contributed by atoms with Crippen LogP contribution in [-0.2, 0) is 18.4 Å². The van der Waals surface area contributed by atoms with E-state index in [4.69, 9.17) is 0 Å².